The van der Waals surface area contributed by atoms with Gasteiger partial charge in [-0.3, -0.25) is 0 Å². The van der Waals surface area contributed by atoms with Crippen LogP contribution in [0.1, 0.15) is 38.4 Å². The Labute approximate surface area is 113 Å². The first-order valence-electron chi connectivity index (χ1n) is 7.07. The standard InChI is InChI=1S/C14H21N5/c1-2-5-14(6-8-16-9-7-14)13-17-10-3-4-11(15)18-12(10)19-13/h3-4,16H,2,5-9H2,1H3,(H3,15,17,18,19). The summed E-state index contributed by atoms with van der Waals surface area (Å²) in [6.07, 6.45) is 4.61. The zero-order valence-electron chi connectivity index (χ0n) is 11.4. The molecule has 0 saturated carbocycles. The van der Waals surface area contributed by atoms with Crippen LogP contribution in [0.2, 0.25) is 0 Å². The molecule has 0 radical (unpaired) electrons. The van der Waals surface area contributed by atoms with Gasteiger partial charge in [-0.25, -0.2) is 9.97 Å². The molecule has 1 fully saturated rings. The summed E-state index contributed by atoms with van der Waals surface area (Å²) in [5, 5.41) is 3.43. The van der Waals surface area contributed by atoms with Crippen LogP contribution in [0.25, 0.3) is 11.2 Å². The van der Waals surface area contributed by atoms with E-state index in [0.29, 0.717) is 5.82 Å². The fraction of sp³-hybridized carbons (Fsp3) is 0.571. The predicted molar refractivity (Wildman–Crippen MR) is 77.0 cm³/mol. The molecule has 2 aromatic heterocycles. The van der Waals surface area contributed by atoms with Gasteiger partial charge in [0, 0.05) is 5.41 Å². The third-order valence-electron chi connectivity index (χ3n) is 4.16. The smallest absolute Gasteiger partial charge is 0.179 e. The van der Waals surface area contributed by atoms with Crippen molar-refractivity contribution in [2.45, 2.75) is 38.0 Å². The summed E-state index contributed by atoms with van der Waals surface area (Å²) in [7, 11) is 0. The van der Waals surface area contributed by atoms with Crippen molar-refractivity contribution in [2.75, 3.05) is 18.8 Å². The summed E-state index contributed by atoms with van der Waals surface area (Å²) in [5.74, 6) is 1.62. The maximum atomic E-state index is 5.73. The van der Waals surface area contributed by atoms with E-state index in [2.05, 4.69) is 22.2 Å². The van der Waals surface area contributed by atoms with Gasteiger partial charge in [0.05, 0.1) is 5.52 Å². The Balaban J connectivity index is 2.04. The quantitative estimate of drug-likeness (QED) is 0.787. The molecule has 3 heterocycles. The van der Waals surface area contributed by atoms with Crippen LogP contribution in [0.5, 0.6) is 0 Å². The number of anilines is 1. The van der Waals surface area contributed by atoms with Crippen LogP contribution in [0.15, 0.2) is 12.1 Å². The largest absolute Gasteiger partial charge is 0.384 e. The van der Waals surface area contributed by atoms with Crippen LogP contribution in [0, 0.1) is 0 Å². The van der Waals surface area contributed by atoms with Gasteiger partial charge < -0.3 is 16.0 Å². The van der Waals surface area contributed by atoms with Gasteiger partial charge in [0.15, 0.2) is 5.65 Å². The zero-order valence-corrected chi connectivity index (χ0v) is 11.4. The van der Waals surface area contributed by atoms with Crippen molar-refractivity contribution in [1.29, 1.82) is 0 Å². The average molecular weight is 259 g/mol. The number of nitrogens with zero attached hydrogens (tertiary/aromatic N) is 2. The molecule has 3 rings (SSSR count). The van der Waals surface area contributed by atoms with Crippen LogP contribution >= 0.6 is 0 Å². The number of piperidine rings is 1. The van der Waals surface area contributed by atoms with E-state index in [4.69, 9.17) is 10.7 Å². The molecule has 0 aromatic carbocycles. The maximum Gasteiger partial charge on any atom is 0.179 e. The van der Waals surface area contributed by atoms with E-state index >= 15 is 0 Å². The van der Waals surface area contributed by atoms with Crippen molar-refractivity contribution in [3.8, 4) is 0 Å². The molecular weight excluding hydrogens is 238 g/mol. The lowest BCUT2D eigenvalue weighted by atomic mass is 9.75. The molecule has 0 unspecified atom stereocenters. The van der Waals surface area contributed by atoms with Crippen molar-refractivity contribution in [2.24, 2.45) is 0 Å². The Morgan fingerprint density at radius 2 is 2.05 bits per heavy atom. The Morgan fingerprint density at radius 3 is 2.79 bits per heavy atom. The van der Waals surface area contributed by atoms with Gasteiger partial charge in [0.2, 0.25) is 0 Å². The number of rotatable bonds is 3. The number of nitrogens with two attached hydrogens (primary N) is 1. The van der Waals surface area contributed by atoms with E-state index in [0.717, 1.165) is 42.9 Å². The molecule has 1 aliphatic rings. The molecule has 1 aliphatic heterocycles. The molecule has 0 spiro atoms. The number of imidazole rings is 1. The summed E-state index contributed by atoms with van der Waals surface area (Å²) in [5.41, 5.74) is 7.63. The van der Waals surface area contributed by atoms with Crippen molar-refractivity contribution >= 4 is 17.0 Å². The summed E-state index contributed by atoms with van der Waals surface area (Å²) >= 11 is 0. The Bertz CT molecular complexity index is 563. The normalized spacial score (nSPS) is 18.8. The Hall–Kier alpha value is -1.62. The highest BCUT2D eigenvalue weighted by Gasteiger charge is 2.35. The molecule has 4 N–H and O–H groups in total. The van der Waals surface area contributed by atoms with Crippen molar-refractivity contribution < 1.29 is 0 Å². The average Bonchev–Trinajstić information content (AvgIpc) is 2.83. The minimum Gasteiger partial charge on any atom is -0.384 e. The number of nitrogens with one attached hydrogen (secondary N) is 2. The number of aromatic amines is 1. The van der Waals surface area contributed by atoms with Gasteiger partial charge in [-0.15, -0.1) is 0 Å². The highest BCUT2D eigenvalue weighted by molar-refractivity contribution is 5.72. The second-order valence-electron chi connectivity index (χ2n) is 5.47. The van der Waals surface area contributed by atoms with E-state index in [1.807, 2.05) is 12.1 Å². The molecular formula is C14H21N5. The number of aromatic nitrogens is 3. The fourth-order valence-corrected chi connectivity index (χ4v) is 3.15. The van der Waals surface area contributed by atoms with Crippen LogP contribution in [0.3, 0.4) is 0 Å². The number of pyridine rings is 1. The fourth-order valence-electron chi connectivity index (χ4n) is 3.15. The van der Waals surface area contributed by atoms with Gasteiger partial charge in [-0.05, 0) is 44.5 Å². The monoisotopic (exact) mass is 259 g/mol. The molecule has 5 nitrogen and oxygen atoms in total. The number of H-pyrrole nitrogens is 1. The first kappa shape index (κ1) is 12.4. The van der Waals surface area contributed by atoms with Gasteiger partial charge in [0.25, 0.3) is 0 Å². The number of hydrogen-bond acceptors (Lipinski definition) is 4. The summed E-state index contributed by atoms with van der Waals surface area (Å²) in [6.45, 7) is 4.36. The second-order valence-corrected chi connectivity index (χ2v) is 5.47. The highest BCUT2D eigenvalue weighted by atomic mass is 15.0. The molecule has 1 saturated heterocycles. The number of hydrogen-bond donors (Lipinski definition) is 3. The van der Waals surface area contributed by atoms with Gasteiger partial charge in [-0.2, -0.15) is 0 Å². The third kappa shape index (κ3) is 2.18. The Kier molecular flexibility index (Phi) is 3.14. The third-order valence-corrected chi connectivity index (χ3v) is 4.16. The van der Waals surface area contributed by atoms with Gasteiger partial charge in [0.1, 0.15) is 11.6 Å². The second kappa shape index (κ2) is 4.81. The summed E-state index contributed by atoms with van der Waals surface area (Å²) < 4.78 is 0. The molecule has 5 heteroatoms. The van der Waals surface area contributed by atoms with E-state index in [9.17, 15) is 0 Å². The predicted octanol–water partition coefficient (Wildman–Crippen LogP) is 1.96. The SMILES string of the molecule is CCCC1(c2nc3nc(N)ccc3[nH]2)CCNCC1. The van der Waals surface area contributed by atoms with Crippen LogP contribution in [-0.4, -0.2) is 28.0 Å². The topological polar surface area (TPSA) is 79.6 Å². The maximum absolute atomic E-state index is 5.73. The summed E-state index contributed by atoms with van der Waals surface area (Å²) in [6, 6.07) is 3.79. The molecule has 2 aromatic rings. The van der Waals surface area contributed by atoms with Crippen LogP contribution in [0.4, 0.5) is 5.82 Å². The minimum absolute atomic E-state index is 0.176. The van der Waals surface area contributed by atoms with E-state index in [-0.39, 0.29) is 5.41 Å². The lowest BCUT2D eigenvalue weighted by Crippen LogP contribution is -2.40. The van der Waals surface area contributed by atoms with Crippen LogP contribution < -0.4 is 11.1 Å². The molecule has 102 valence electrons. The highest BCUT2D eigenvalue weighted by Crippen LogP contribution is 2.36. The Morgan fingerprint density at radius 1 is 1.26 bits per heavy atom. The zero-order chi connectivity index (χ0) is 13.3. The molecule has 0 atom stereocenters. The number of nitrogen functional groups attached to an aromatic ring is 1. The van der Waals surface area contributed by atoms with E-state index < -0.39 is 0 Å². The van der Waals surface area contributed by atoms with Crippen molar-refractivity contribution in [3.63, 3.8) is 0 Å². The van der Waals surface area contributed by atoms with Crippen molar-refractivity contribution in [1.82, 2.24) is 20.3 Å². The van der Waals surface area contributed by atoms with Gasteiger partial charge >= 0.3 is 0 Å². The van der Waals surface area contributed by atoms with Gasteiger partial charge in [-0.1, -0.05) is 13.3 Å². The minimum atomic E-state index is 0.176. The van der Waals surface area contributed by atoms with Crippen LogP contribution in [-0.2, 0) is 5.41 Å². The molecule has 19 heavy (non-hydrogen) atoms. The summed E-state index contributed by atoms with van der Waals surface area (Å²) in [4.78, 5) is 12.5. The molecule has 0 amide bonds. The lowest BCUT2D eigenvalue weighted by Gasteiger charge is -2.35. The van der Waals surface area contributed by atoms with E-state index in [1.165, 1.54) is 12.8 Å². The van der Waals surface area contributed by atoms with Crippen molar-refractivity contribution in [3.05, 3.63) is 18.0 Å². The lowest BCUT2D eigenvalue weighted by molar-refractivity contribution is 0.273. The molecule has 0 aliphatic carbocycles. The first-order valence-corrected chi connectivity index (χ1v) is 7.07. The van der Waals surface area contributed by atoms with E-state index in [1.54, 1.807) is 0 Å². The number of fused-ring (bicyclic) bond motifs is 1. The first-order chi connectivity index (χ1) is 9.23. The molecule has 0 bridgehead atoms.